The molecule has 1 heterocycles. The van der Waals surface area contributed by atoms with Crippen LogP contribution in [0.3, 0.4) is 0 Å². The molecule has 1 aromatic carbocycles. The van der Waals surface area contributed by atoms with Crippen LogP contribution in [0.5, 0.6) is 0 Å². The maximum atomic E-state index is 12.4. The second kappa shape index (κ2) is 5.83. The Hall–Kier alpha value is -1.92. The summed E-state index contributed by atoms with van der Waals surface area (Å²) >= 11 is 0. The first kappa shape index (κ1) is 15.5. The third-order valence-electron chi connectivity index (χ3n) is 4.00. The average Bonchev–Trinajstić information content (AvgIpc) is 2.81. The van der Waals surface area contributed by atoms with Gasteiger partial charge in [0.25, 0.3) is 5.91 Å². The minimum Gasteiger partial charge on any atom is -0.379 e. The number of nitrogens with two attached hydrogens (primary N) is 1. The lowest BCUT2D eigenvalue weighted by molar-refractivity contribution is -0.125. The van der Waals surface area contributed by atoms with E-state index in [9.17, 15) is 9.59 Å². The van der Waals surface area contributed by atoms with Gasteiger partial charge in [0.2, 0.25) is 5.91 Å². The van der Waals surface area contributed by atoms with Crippen molar-refractivity contribution in [3.05, 3.63) is 29.3 Å². The van der Waals surface area contributed by atoms with Crippen molar-refractivity contribution >= 4 is 17.5 Å². The predicted octanol–water partition coefficient (Wildman–Crippen LogP) is 0.657. The molecule has 4 N–H and O–H groups in total. The van der Waals surface area contributed by atoms with Crippen molar-refractivity contribution in [2.24, 2.45) is 11.1 Å². The number of nitrogens with one attached hydrogen (secondary N) is 2. The maximum Gasteiger partial charge on any atom is 0.251 e. The Bertz CT molecular complexity index is 573. The molecule has 6 nitrogen and oxygen atoms in total. The third kappa shape index (κ3) is 2.91. The van der Waals surface area contributed by atoms with Crippen LogP contribution in [0.25, 0.3) is 0 Å². The van der Waals surface area contributed by atoms with Crippen LogP contribution < -0.4 is 16.4 Å². The van der Waals surface area contributed by atoms with Crippen LogP contribution in [0.2, 0.25) is 0 Å². The fourth-order valence-electron chi connectivity index (χ4n) is 2.28. The van der Waals surface area contributed by atoms with Crippen molar-refractivity contribution in [2.75, 3.05) is 25.6 Å². The molecule has 1 aliphatic heterocycles. The zero-order valence-corrected chi connectivity index (χ0v) is 12.5. The van der Waals surface area contributed by atoms with Crippen LogP contribution in [-0.4, -0.2) is 38.1 Å². The first-order valence-electron chi connectivity index (χ1n) is 6.86. The van der Waals surface area contributed by atoms with Gasteiger partial charge in [-0.25, -0.2) is 0 Å². The molecule has 1 fully saturated rings. The molecule has 1 aliphatic rings. The molecule has 0 bridgehead atoms. The van der Waals surface area contributed by atoms with E-state index in [0.29, 0.717) is 24.5 Å². The fourth-order valence-corrected chi connectivity index (χ4v) is 2.28. The summed E-state index contributed by atoms with van der Waals surface area (Å²) in [6, 6.07) is 4.82. The molecule has 114 valence electrons. The largest absolute Gasteiger partial charge is 0.379 e. The number of carbonyl (C=O) groups excluding carboxylic acids is 2. The highest BCUT2D eigenvalue weighted by molar-refractivity contribution is 5.98. The highest BCUT2D eigenvalue weighted by Crippen LogP contribution is 2.29. The standard InChI is InChI=1S/C15H21N3O3/c1-9-6-10(13(19)17-3)4-5-11(9)18-14(20)15(2)8-21-7-12(15)16/h4-6,12H,7-8,16H2,1-3H3,(H,17,19)(H,18,20). The molecule has 0 aliphatic carbocycles. The van der Waals surface area contributed by atoms with E-state index in [4.69, 9.17) is 10.5 Å². The SMILES string of the molecule is CNC(=O)c1ccc(NC(=O)C2(C)COCC2N)c(C)c1. The topological polar surface area (TPSA) is 93.5 Å². The monoisotopic (exact) mass is 291 g/mol. The number of amides is 2. The molecular weight excluding hydrogens is 270 g/mol. The van der Waals surface area contributed by atoms with Crippen LogP contribution in [0.4, 0.5) is 5.69 Å². The first-order valence-corrected chi connectivity index (χ1v) is 6.86. The predicted molar refractivity (Wildman–Crippen MR) is 80.1 cm³/mol. The Balaban J connectivity index is 2.17. The number of rotatable bonds is 3. The summed E-state index contributed by atoms with van der Waals surface area (Å²) < 4.78 is 5.29. The lowest BCUT2D eigenvalue weighted by Crippen LogP contribution is -2.47. The molecule has 6 heteroatoms. The van der Waals surface area contributed by atoms with Crippen molar-refractivity contribution in [1.82, 2.24) is 5.32 Å². The van der Waals surface area contributed by atoms with Gasteiger partial charge in [-0.05, 0) is 37.6 Å². The van der Waals surface area contributed by atoms with Gasteiger partial charge in [-0.15, -0.1) is 0 Å². The number of anilines is 1. The molecule has 1 aromatic rings. The van der Waals surface area contributed by atoms with Gasteiger partial charge >= 0.3 is 0 Å². The molecule has 2 rings (SSSR count). The van der Waals surface area contributed by atoms with Crippen molar-refractivity contribution in [1.29, 1.82) is 0 Å². The average molecular weight is 291 g/mol. The van der Waals surface area contributed by atoms with Crippen molar-refractivity contribution in [3.63, 3.8) is 0 Å². The van der Waals surface area contributed by atoms with Crippen molar-refractivity contribution < 1.29 is 14.3 Å². The smallest absolute Gasteiger partial charge is 0.251 e. The highest BCUT2D eigenvalue weighted by Gasteiger charge is 2.44. The summed E-state index contributed by atoms with van der Waals surface area (Å²) in [7, 11) is 1.58. The van der Waals surface area contributed by atoms with Gasteiger partial charge in [-0.1, -0.05) is 0 Å². The molecule has 0 radical (unpaired) electrons. The third-order valence-corrected chi connectivity index (χ3v) is 4.00. The Morgan fingerprint density at radius 3 is 2.67 bits per heavy atom. The zero-order valence-electron chi connectivity index (χ0n) is 12.5. The Morgan fingerprint density at radius 1 is 1.43 bits per heavy atom. The lowest BCUT2D eigenvalue weighted by Gasteiger charge is -2.25. The Kier molecular flexibility index (Phi) is 4.29. The number of benzene rings is 1. The summed E-state index contributed by atoms with van der Waals surface area (Å²) in [5.74, 6) is -0.322. The number of hydrogen-bond acceptors (Lipinski definition) is 4. The minimum atomic E-state index is -0.730. The first-order chi connectivity index (χ1) is 9.88. The van der Waals surface area contributed by atoms with Crippen LogP contribution in [0.1, 0.15) is 22.8 Å². The van der Waals surface area contributed by atoms with Crippen LogP contribution in [-0.2, 0) is 9.53 Å². The van der Waals surface area contributed by atoms with Gasteiger partial charge in [-0.3, -0.25) is 9.59 Å². The molecule has 21 heavy (non-hydrogen) atoms. The second-order valence-corrected chi connectivity index (χ2v) is 5.60. The van der Waals surface area contributed by atoms with E-state index >= 15 is 0 Å². The molecule has 2 atom stereocenters. The van der Waals surface area contributed by atoms with E-state index in [1.54, 1.807) is 32.2 Å². The summed E-state index contributed by atoms with van der Waals surface area (Å²) in [4.78, 5) is 24.0. The number of hydrogen-bond donors (Lipinski definition) is 3. The molecule has 1 saturated heterocycles. The molecule has 0 spiro atoms. The summed E-state index contributed by atoms with van der Waals surface area (Å²) in [6.45, 7) is 4.34. The van der Waals surface area contributed by atoms with Gasteiger partial charge in [0.05, 0.1) is 18.6 Å². The van der Waals surface area contributed by atoms with Gasteiger partial charge in [0, 0.05) is 24.3 Å². The van der Waals surface area contributed by atoms with Crippen LogP contribution in [0.15, 0.2) is 18.2 Å². The number of aryl methyl sites for hydroxylation is 1. The molecule has 2 amide bonds. The van der Waals surface area contributed by atoms with Crippen molar-refractivity contribution in [2.45, 2.75) is 19.9 Å². The zero-order chi connectivity index (χ0) is 15.6. The van der Waals surface area contributed by atoms with Crippen LogP contribution >= 0.6 is 0 Å². The maximum absolute atomic E-state index is 12.4. The van der Waals surface area contributed by atoms with Gasteiger partial charge in [0.15, 0.2) is 0 Å². The van der Waals surface area contributed by atoms with Crippen molar-refractivity contribution in [3.8, 4) is 0 Å². The van der Waals surface area contributed by atoms with E-state index in [-0.39, 0.29) is 17.9 Å². The number of carbonyl (C=O) groups is 2. The van der Waals surface area contributed by atoms with Gasteiger partial charge < -0.3 is 21.1 Å². The van der Waals surface area contributed by atoms with Crippen LogP contribution in [0, 0.1) is 12.3 Å². The highest BCUT2D eigenvalue weighted by atomic mass is 16.5. The second-order valence-electron chi connectivity index (χ2n) is 5.60. The van der Waals surface area contributed by atoms with E-state index in [2.05, 4.69) is 10.6 Å². The van der Waals surface area contributed by atoms with E-state index in [1.807, 2.05) is 6.92 Å². The van der Waals surface area contributed by atoms with Gasteiger partial charge in [-0.2, -0.15) is 0 Å². The van der Waals surface area contributed by atoms with E-state index in [1.165, 1.54) is 0 Å². The summed E-state index contributed by atoms with van der Waals surface area (Å²) in [5.41, 5.74) is 7.27. The fraction of sp³-hybridized carbons (Fsp3) is 0.467. The quantitative estimate of drug-likeness (QED) is 0.762. The molecule has 2 unspecified atom stereocenters. The van der Waals surface area contributed by atoms with Gasteiger partial charge in [0.1, 0.15) is 0 Å². The van der Waals surface area contributed by atoms with E-state index in [0.717, 1.165) is 5.56 Å². The summed E-state index contributed by atoms with van der Waals surface area (Å²) in [5, 5.41) is 5.44. The summed E-state index contributed by atoms with van der Waals surface area (Å²) in [6.07, 6.45) is 0. The normalized spacial score (nSPS) is 24.7. The minimum absolute atomic E-state index is 0.158. The molecular formula is C15H21N3O3. The number of ether oxygens (including phenoxy) is 1. The lowest BCUT2D eigenvalue weighted by atomic mass is 9.84. The molecule has 0 aromatic heterocycles. The Labute approximate surface area is 124 Å². The van der Waals surface area contributed by atoms with E-state index < -0.39 is 5.41 Å². The Morgan fingerprint density at radius 2 is 2.14 bits per heavy atom. The molecule has 0 saturated carbocycles.